The summed E-state index contributed by atoms with van der Waals surface area (Å²) in [4.78, 5) is 23.9. The van der Waals surface area contributed by atoms with Gasteiger partial charge in [0.15, 0.2) is 11.4 Å². The maximum absolute atomic E-state index is 12.4. The van der Waals surface area contributed by atoms with E-state index in [1.807, 2.05) is 26.8 Å². The zero-order valence-corrected chi connectivity index (χ0v) is 14.8. The highest BCUT2D eigenvalue weighted by Gasteiger charge is 2.18. The van der Waals surface area contributed by atoms with E-state index in [-0.39, 0.29) is 17.1 Å². The molecule has 0 fully saturated rings. The summed E-state index contributed by atoms with van der Waals surface area (Å²) in [5.74, 6) is -1.15. The van der Waals surface area contributed by atoms with Crippen LogP contribution in [0.15, 0.2) is 24.5 Å². The van der Waals surface area contributed by atoms with Gasteiger partial charge in [0.1, 0.15) is 6.67 Å². The van der Waals surface area contributed by atoms with Crippen molar-refractivity contribution in [2.24, 2.45) is 5.73 Å². The number of carbonyl (C=O) groups excluding carboxylic acids is 2. The maximum atomic E-state index is 12.4. The second kappa shape index (κ2) is 6.82. The first-order chi connectivity index (χ1) is 12.4. The molecule has 0 bridgehead atoms. The molecule has 0 unspecified atom stereocenters. The number of primary amides is 1. The van der Waals surface area contributed by atoms with Crippen molar-refractivity contribution >= 4 is 17.5 Å². The summed E-state index contributed by atoms with van der Waals surface area (Å²) in [6.45, 7) is 6.68. The third-order valence-corrected chi connectivity index (χ3v) is 3.82. The van der Waals surface area contributed by atoms with Crippen molar-refractivity contribution in [3.05, 3.63) is 47.3 Å². The van der Waals surface area contributed by atoms with E-state index in [2.05, 4.69) is 20.6 Å². The Kier molecular flexibility index (Phi) is 4.57. The van der Waals surface area contributed by atoms with Crippen LogP contribution < -0.4 is 11.1 Å². The minimum atomic E-state index is -0.706. The van der Waals surface area contributed by atoms with Gasteiger partial charge in [0.05, 0.1) is 11.4 Å². The number of amides is 2. The Hall–Kier alpha value is -3.43. The fraction of sp³-hybridized carbons (Fsp3) is 0.312. The third kappa shape index (κ3) is 3.48. The first kappa shape index (κ1) is 17.4. The molecule has 0 saturated carbocycles. The summed E-state index contributed by atoms with van der Waals surface area (Å²) in [5.41, 5.74) is 7.72. The molecule has 0 saturated heterocycles. The van der Waals surface area contributed by atoms with Gasteiger partial charge < -0.3 is 11.1 Å². The third-order valence-electron chi connectivity index (χ3n) is 3.82. The number of nitrogens with two attached hydrogens (primary N) is 1. The normalized spacial score (nSPS) is 10.9. The molecule has 136 valence electrons. The second-order valence-corrected chi connectivity index (χ2v) is 5.87. The molecule has 0 spiro atoms. The summed E-state index contributed by atoms with van der Waals surface area (Å²) >= 11 is 0. The van der Waals surface area contributed by atoms with Crippen LogP contribution >= 0.6 is 0 Å². The Bertz CT molecular complexity index is 965. The van der Waals surface area contributed by atoms with Crippen LogP contribution in [0, 0.1) is 13.8 Å². The number of anilines is 1. The fourth-order valence-corrected chi connectivity index (χ4v) is 2.56. The molecule has 10 heteroatoms. The van der Waals surface area contributed by atoms with Gasteiger partial charge in [-0.15, -0.1) is 0 Å². The van der Waals surface area contributed by atoms with E-state index in [0.717, 1.165) is 11.4 Å². The van der Waals surface area contributed by atoms with E-state index < -0.39 is 11.8 Å². The standard InChI is InChI=1S/C16H20N8O2/c1-4-22-8-13(14(21-22)15(17)25)18-16(26)12-5-6-23(20-12)9-24-11(3)7-10(2)19-24/h5-8H,4,9H2,1-3H3,(H2,17,25)(H,18,26). The van der Waals surface area contributed by atoms with E-state index in [1.54, 1.807) is 27.8 Å². The van der Waals surface area contributed by atoms with Gasteiger partial charge in [0, 0.05) is 24.6 Å². The van der Waals surface area contributed by atoms with Crippen molar-refractivity contribution in [2.45, 2.75) is 34.0 Å². The Morgan fingerprint density at radius 1 is 1.19 bits per heavy atom. The molecule has 3 aromatic heterocycles. The Balaban J connectivity index is 1.75. The molecule has 2 amide bonds. The number of nitrogens with zero attached hydrogens (tertiary/aromatic N) is 6. The van der Waals surface area contributed by atoms with Gasteiger partial charge in [0.2, 0.25) is 0 Å². The van der Waals surface area contributed by atoms with Crippen LogP contribution in [0.4, 0.5) is 5.69 Å². The minimum Gasteiger partial charge on any atom is -0.364 e. The summed E-state index contributed by atoms with van der Waals surface area (Å²) in [7, 11) is 0. The average molecular weight is 356 g/mol. The summed E-state index contributed by atoms with van der Waals surface area (Å²) in [6.07, 6.45) is 3.25. The maximum Gasteiger partial charge on any atom is 0.276 e. The van der Waals surface area contributed by atoms with Crippen molar-refractivity contribution in [3.63, 3.8) is 0 Å². The van der Waals surface area contributed by atoms with Crippen molar-refractivity contribution in [2.75, 3.05) is 5.32 Å². The largest absolute Gasteiger partial charge is 0.364 e. The zero-order valence-electron chi connectivity index (χ0n) is 14.8. The lowest BCUT2D eigenvalue weighted by Gasteiger charge is -2.04. The molecular weight excluding hydrogens is 336 g/mol. The number of hydrogen-bond acceptors (Lipinski definition) is 5. The lowest BCUT2D eigenvalue weighted by atomic mass is 10.3. The minimum absolute atomic E-state index is 0.0160. The first-order valence-electron chi connectivity index (χ1n) is 8.10. The molecule has 0 aliphatic carbocycles. The van der Waals surface area contributed by atoms with Crippen LogP contribution in [0.5, 0.6) is 0 Å². The topological polar surface area (TPSA) is 126 Å². The van der Waals surface area contributed by atoms with E-state index in [4.69, 9.17) is 5.73 Å². The molecule has 0 aliphatic heterocycles. The number of nitrogens with one attached hydrogen (secondary N) is 1. The number of rotatable bonds is 6. The van der Waals surface area contributed by atoms with Crippen LogP contribution in [0.25, 0.3) is 0 Å². The van der Waals surface area contributed by atoms with E-state index in [9.17, 15) is 9.59 Å². The number of carbonyl (C=O) groups is 2. The van der Waals surface area contributed by atoms with Crippen molar-refractivity contribution in [1.29, 1.82) is 0 Å². The lowest BCUT2D eigenvalue weighted by Crippen LogP contribution is -2.19. The Morgan fingerprint density at radius 2 is 1.96 bits per heavy atom. The van der Waals surface area contributed by atoms with Gasteiger partial charge in [-0.1, -0.05) is 0 Å². The van der Waals surface area contributed by atoms with Gasteiger partial charge in [-0.2, -0.15) is 15.3 Å². The molecule has 0 atom stereocenters. The van der Waals surface area contributed by atoms with Gasteiger partial charge in [-0.25, -0.2) is 4.68 Å². The highest BCUT2D eigenvalue weighted by molar-refractivity contribution is 6.06. The molecular formula is C16H20N8O2. The molecule has 0 radical (unpaired) electrons. The number of aryl methyl sites for hydroxylation is 3. The van der Waals surface area contributed by atoms with Gasteiger partial charge in [0.25, 0.3) is 11.8 Å². The van der Waals surface area contributed by atoms with Crippen LogP contribution in [-0.2, 0) is 13.2 Å². The number of hydrogen-bond donors (Lipinski definition) is 2. The predicted octanol–water partition coefficient (Wildman–Crippen LogP) is 0.770. The molecule has 3 rings (SSSR count). The molecule has 0 aromatic carbocycles. The predicted molar refractivity (Wildman–Crippen MR) is 93.7 cm³/mol. The molecule has 3 aromatic rings. The average Bonchev–Trinajstić information content (AvgIpc) is 3.27. The Labute approximate surface area is 149 Å². The van der Waals surface area contributed by atoms with E-state index >= 15 is 0 Å². The highest BCUT2D eigenvalue weighted by Crippen LogP contribution is 2.14. The zero-order chi connectivity index (χ0) is 18.8. The first-order valence-corrected chi connectivity index (χ1v) is 8.10. The second-order valence-electron chi connectivity index (χ2n) is 5.87. The van der Waals surface area contributed by atoms with Crippen LogP contribution in [0.2, 0.25) is 0 Å². The monoisotopic (exact) mass is 356 g/mol. The molecule has 0 aliphatic rings. The van der Waals surface area contributed by atoms with E-state index in [1.165, 1.54) is 4.68 Å². The van der Waals surface area contributed by atoms with Crippen molar-refractivity contribution < 1.29 is 9.59 Å². The van der Waals surface area contributed by atoms with Crippen molar-refractivity contribution in [3.8, 4) is 0 Å². The van der Waals surface area contributed by atoms with Crippen LogP contribution in [0.3, 0.4) is 0 Å². The van der Waals surface area contributed by atoms with Crippen LogP contribution in [-0.4, -0.2) is 41.2 Å². The van der Waals surface area contributed by atoms with Gasteiger partial charge in [-0.3, -0.25) is 19.0 Å². The van der Waals surface area contributed by atoms with Gasteiger partial charge in [-0.05, 0) is 32.9 Å². The molecule has 26 heavy (non-hydrogen) atoms. The highest BCUT2D eigenvalue weighted by atomic mass is 16.2. The molecule has 3 heterocycles. The summed E-state index contributed by atoms with van der Waals surface area (Å²) in [6, 6.07) is 3.56. The number of aromatic nitrogens is 6. The fourth-order valence-electron chi connectivity index (χ4n) is 2.56. The van der Waals surface area contributed by atoms with Gasteiger partial charge >= 0.3 is 0 Å². The van der Waals surface area contributed by atoms with Crippen molar-refractivity contribution in [1.82, 2.24) is 29.3 Å². The molecule has 10 nitrogen and oxygen atoms in total. The summed E-state index contributed by atoms with van der Waals surface area (Å²) < 4.78 is 4.93. The quantitative estimate of drug-likeness (QED) is 0.675. The van der Waals surface area contributed by atoms with E-state index in [0.29, 0.717) is 13.2 Å². The summed E-state index contributed by atoms with van der Waals surface area (Å²) in [5, 5.41) is 15.3. The lowest BCUT2D eigenvalue weighted by molar-refractivity contribution is 0.0995. The van der Waals surface area contributed by atoms with Crippen LogP contribution in [0.1, 0.15) is 39.3 Å². The Morgan fingerprint density at radius 3 is 2.58 bits per heavy atom. The smallest absolute Gasteiger partial charge is 0.276 e. The molecule has 3 N–H and O–H groups in total. The SMILES string of the molecule is CCn1cc(NC(=O)c2ccn(Cn3nc(C)cc3C)n2)c(C(N)=O)n1.